The number of hydrogen-bond donors (Lipinski definition) is 1. The standard InChI is InChI=1S/C10H8O3S/c11-10(12)7-4-9-6(13-7)3-8(14-9)5-1-2-5/h3-5H,1-2H2,(H,11,12). The second-order valence-corrected chi connectivity index (χ2v) is 4.68. The minimum absolute atomic E-state index is 0.0357. The molecule has 0 atom stereocenters. The Morgan fingerprint density at radius 2 is 2.29 bits per heavy atom. The molecule has 3 nitrogen and oxygen atoms in total. The summed E-state index contributed by atoms with van der Waals surface area (Å²) in [6.45, 7) is 0. The van der Waals surface area contributed by atoms with Gasteiger partial charge in [-0.25, -0.2) is 4.79 Å². The maximum absolute atomic E-state index is 10.6. The van der Waals surface area contributed by atoms with Crippen LogP contribution in [0.25, 0.3) is 10.3 Å². The third-order valence-corrected chi connectivity index (χ3v) is 3.64. The number of carbonyl (C=O) groups is 1. The fourth-order valence-corrected chi connectivity index (χ4v) is 2.72. The summed E-state index contributed by atoms with van der Waals surface area (Å²) in [6, 6.07) is 3.58. The monoisotopic (exact) mass is 208 g/mol. The molecule has 0 bridgehead atoms. The van der Waals surface area contributed by atoms with Gasteiger partial charge in [-0.3, -0.25) is 0 Å². The molecule has 1 fully saturated rings. The van der Waals surface area contributed by atoms with Gasteiger partial charge in [0.1, 0.15) is 5.58 Å². The Morgan fingerprint density at radius 3 is 2.86 bits per heavy atom. The number of hydrogen-bond acceptors (Lipinski definition) is 3. The fraction of sp³-hybridized carbons (Fsp3) is 0.300. The van der Waals surface area contributed by atoms with E-state index < -0.39 is 5.97 Å². The van der Waals surface area contributed by atoms with Crippen LogP contribution in [0.4, 0.5) is 0 Å². The Hall–Kier alpha value is -1.29. The molecular weight excluding hydrogens is 200 g/mol. The first-order valence-corrected chi connectivity index (χ1v) is 5.32. The Morgan fingerprint density at radius 1 is 1.50 bits per heavy atom. The third kappa shape index (κ3) is 1.14. The summed E-state index contributed by atoms with van der Waals surface area (Å²) < 4.78 is 6.15. The van der Waals surface area contributed by atoms with Gasteiger partial charge in [-0.15, -0.1) is 11.3 Å². The molecule has 0 aliphatic heterocycles. The van der Waals surface area contributed by atoms with Crippen molar-refractivity contribution in [1.29, 1.82) is 0 Å². The minimum Gasteiger partial charge on any atom is -0.475 e. The highest BCUT2D eigenvalue weighted by Gasteiger charge is 2.26. The zero-order chi connectivity index (χ0) is 9.71. The average Bonchev–Trinajstić information content (AvgIpc) is 2.76. The zero-order valence-electron chi connectivity index (χ0n) is 7.32. The Bertz CT molecular complexity index is 473. The van der Waals surface area contributed by atoms with Crippen molar-refractivity contribution < 1.29 is 14.3 Å². The van der Waals surface area contributed by atoms with Crippen LogP contribution in [0.5, 0.6) is 0 Å². The van der Waals surface area contributed by atoms with Gasteiger partial charge in [-0.05, 0) is 24.8 Å². The summed E-state index contributed by atoms with van der Waals surface area (Å²) in [5, 5.41) is 8.71. The maximum atomic E-state index is 10.6. The topological polar surface area (TPSA) is 50.4 Å². The van der Waals surface area contributed by atoms with Gasteiger partial charge >= 0.3 is 5.97 Å². The van der Waals surface area contributed by atoms with E-state index in [0.717, 1.165) is 4.70 Å². The van der Waals surface area contributed by atoms with Gasteiger partial charge in [0.05, 0.1) is 4.70 Å². The summed E-state index contributed by atoms with van der Waals surface area (Å²) in [7, 11) is 0. The van der Waals surface area contributed by atoms with E-state index >= 15 is 0 Å². The predicted octanol–water partition coefficient (Wildman–Crippen LogP) is 3.07. The van der Waals surface area contributed by atoms with E-state index in [4.69, 9.17) is 9.52 Å². The molecule has 0 spiro atoms. The highest BCUT2D eigenvalue weighted by Crippen LogP contribution is 2.45. The smallest absolute Gasteiger partial charge is 0.371 e. The first kappa shape index (κ1) is 8.05. The van der Waals surface area contributed by atoms with Crippen LogP contribution in [0.3, 0.4) is 0 Å². The van der Waals surface area contributed by atoms with E-state index in [1.807, 2.05) is 6.07 Å². The van der Waals surface area contributed by atoms with Crippen LogP contribution in [0, 0.1) is 0 Å². The highest BCUT2D eigenvalue weighted by atomic mass is 32.1. The van der Waals surface area contributed by atoms with E-state index in [1.165, 1.54) is 17.7 Å². The molecule has 4 heteroatoms. The average molecular weight is 208 g/mol. The van der Waals surface area contributed by atoms with Gasteiger partial charge in [0.2, 0.25) is 5.76 Å². The number of carboxylic acid groups (broad SMARTS) is 1. The first-order valence-electron chi connectivity index (χ1n) is 4.50. The molecule has 72 valence electrons. The van der Waals surface area contributed by atoms with Gasteiger partial charge < -0.3 is 9.52 Å². The fourth-order valence-electron chi connectivity index (χ4n) is 1.53. The van der Waals surface area contributed by atoms with E-state index in [1.54, 1.807) is 17.4 Å². The van der Waals surface area contributed by atoms with Crippen molar-refractivity contribution in [3.8, 4) is 0 Å². The van der Waals surface area contributed by atoms with Crippen molar-refractivity contribution in [3.05, 3.63) is 22.8 Å². The Labute approximate surface area is 84.0 Å². The van der Waals surface area contributed by atoms with Crippen LogP contribution in [0.15, 0.2) is 16.5 Å². The maximum Gasteiger partial charge on any atom is 0.371 e. The summed E-state index contributed by atoms with van der Waals surface area (Å²) in [4.78, 5) is 11.9. The molecule has 1 aliphatic carbocycles. The zero-order valence-corrected chi connectivity index (χ0v) is 8.13. The van der Waals surface area contributed by atoms with E-state index in [9.17, 15) is 4.79 Å². The van der Waals surface area contributed by atoms with Crippen LogP contribution in [0.2, 0.25) is 0 Å². The van der Waals surface area contributed by atoms with Gasteiger partial charge in [-0.2, -0.15) is 0 Å². The molecule has 1 N–H and O–H groups in total. The van der Waals surface area contributed by atoms with Crippen LogP contribution < -0.4 is 0 Å². The number of carboxylic acids is 1. The third-order valence-electron chi connectivity index (χ3n) is 2.42. The summed E-state index contributed by atoms with van der Waals surface area (Å²) in [5.74, 6) is -0.258. The molecule has 1 aliphatic rings. The summed E-state index contributed by atoms with van der Waals surface area (Å²) in [6.07, 6.45) is 2.52. The summed E-state index contributed by atoms with van der Waals surface area (Å²) >= 11 is 1.65. The van der Waals surface area contributed by atoms with Gasteiger partial charge in [0.15, 0.2) is 0 Å². The lowest BCUT2D eigenvalue weighted by Crippen LogP contribution is -1.91. The van der Waals surface area contributed by atoms with Crippen LogP contribution in [0.1, 0.15) is 34.2 Å². The molecular formula is C10H8O3S. The lowest BCUT2D eigenvalue weighted by molar-refractivity contribution is 0.0665. The molecule has 0 saturated heterocycles. The van der Waals surface area contributed by atoms with E-state index in [0.29, 0.717) is 11.5 Å². The van der Waals surface area contributed by atoms with E-state index in [2.05, 4.69) is 0 Å². The van der Waals surface area contributed by atoms with Crippen molar-refractivity contribution in [3.63, 3.8) is 0 Å². The van der Waals surface area contributed by atoms with Gasteiger partial charge in [-0.1, -0.05) is 0 Å². The molecule has 14 heavy (non-hydrogen) atoms. The molecule has 2 heterocycles. The molecule has 0 aromatic carbocycles. The molecule has 0 unspecified atom stereocenters. The van der Waals surface area contributed by atoms with Gasteiger partial charge in [0, 0.05) is 10.9 Å². The van der Waals surface area contributed by atoms with Crippen LogP contribution in [-0.2, 0) is 0 Å². The molecule has 2 aromatic rings. The Kier molecular flexibility index (Phi) is 1.50. The SMILES string of the molecule is O=C(O)c1cc2sc(C3CC3)cc2o1. The molecule has 1 saturated carbocycles. The number of rotatable bonds is 2. The molecule has 0 radical (unpaired) electrons. The number of aromatic carboxylic acids is 1. The number of furan rings is 1. The van der Waals surface area contributed by atoms with Crippen LogP contribution in [-0.4, -0.2) is 11.1 Å². The quantitative estimate of drug-likeness (QED) is 0.825. The van der Waals surface area contributed by atoms with Crippen molar-refractivity contribution in [2.75, 3.05) is 0 Å². The van der Waals surface area contributed by atoms with E-state index in [-0.39, 0.29) is 5.76 Å². The molecule has 2 aromatic heterocycles. The highest BCUT2D eigenvalue weighted by molar-refractivity contribution is 7.19. The lowest BCUT2D eigenvalue weighted by atomic mass is 10.3. The molecule has 0 amide bonds. The van der Waals surface area contributed by atoms with Crippen molar-refractivity contribution in [1.82, 2.24) is 0 Å². The largest absolute Gasteiger partial charge is 0.475 e. The Balaban J connectivity index is 2.09. The minimum atomic E-state index is -0.999. The van der Waals surface area contributed by atoms with Crippen molar-refractivity contribution >= 4 is 27.6 Å². The van der Waals surface area contributed by atoms with Crippen LogP contribution >= 0.6 is 11.3 Å². The second-order valence-electron chi connectivity index (χ2n) is 3.57. The van der Waals surface area contributed by atoms with Crippen molar-refractivity contribution in [2.45, 2.75) is 18.8 Å². The second kappa shape index (κ2) is 2.60. The predicted molar refractivity (Wildman–Crippen MR) is 53.0 cm³/mol. The number of fused-ring (bicyclic) bond motifs is 1. The van der Waals surface area contributed by atoms with Gasteiger partial charge in [0.25, 0.3) is 0 Å². The number of thiophene rings is 1. The lowest BCUT2D eigenvalue weighted by Gasteiger charge is -1.86. The molecule has 3 rings (SSSR count). The normalized spacial score (nSPS) is 16.3. The van der Waals surface area contributed by atoms with Crippen molar-refractivity contribution in [2.24, 2.45) is 0 Å². The summed E-state index contributed by atoms with van der Waals surface area (Å²) in [5.41, 5.74) is 0.717. The first-order chi connectivity index (χ1) is 6.74.